The number of nitro benzene ring substituents is 1. The maximum Gasteiger partial charge on any atom is 0.270 e. The first-order valence-corrected chi connectivity index (χ1v) is 7.98. The lowest BCUT2D eigenvalue weighted by Crippen LogP contribution is -1.91. The number of halogens is 1. The molecule has 0 radical (unpaired) electrons. The highest BCUT2D eigenvalue weighted by Crippen LogP contribution is 2.32. The van der Waals surface area contributed by atoms with Crippen LogP contribution in [0.4, 0.5) is 5.69 Å². The van der Waals surface area contributed by atoms with Gasteiger partial charge in [-0.05, 0) is 46.3 Å². The number of hydrogen-bond donors (Lipinski definition) is 0. The van der Waals surface area contributed by atoms with Crippen LogP contribution in [0.15, 0.2) is 57.7 Å². The summed E-state index contributed by atoms with van der Waals surface area (Å²) >= 11 is 3.31. The number of carbonyl (C=O) groups excluding carboxylic acids is 1. The molecule has 3 aromatic rings. The molecular weight excluding hydrogens is 390 g/mol. The van der Waals surface area contributed by atoms with Crippen LogP contribution in [0.1, 0.15) is 16.1 Å². The topological polar surface area (TPSA) is 91.2 Å². The van der Waals surface area contributed by atoms with E-state index in [-0.39, 0.29) is 11.5 Å². The van der Waals surface area contributed by atoms with Crippen LogP contribution in [-0.2, 0) is 7.05 Å². The van der Waals surface area contributed by atoms with E-state index in [1.807, 2.05) is 0 Å². The molecule has 0 fully saturated rings. The quantitative estimate of drug-likeness (QED) is 0.276. The first-order chi connectivity index (χ1) is 11.9. The fourth-order valence-electron chi connectivity index (χ4n) is 2.21. The maximum absolute atomic E-state index is 12.0. The molecule has 0 aliphatic heterocycles. The van der Waals surface area contributed by atoms with Gasteiger partial charge in [-0.3, -0.25) is 19.6 Å². The molecule has 0 amide bonds. The number of carbonyl (C=O) groups is 1. The molecule has 2 aromatic heterocycles. The summed E-state index contributed by atoms with van der Waals surface area (Å²) in [5, 5.41) is 14.7. The molecule has 0 unspecified atom stereocenters. The molecule has 0 spiro atoms. The van der Waals surface area contributed by atoms with Gasteiger partial charge in [0.15, 0.2) is 5.78 Å². The lowest BCUT2D eigenvalue weighted by atomic mass is 10.1. The van der Waals surface area contributed by atoms with E-state index in [0.717, 1.165) is 0 Å². The van der Waals surface area contributed by atoms with Gasteiger partial charge in [0.25, 0.3) is 5.69 Å². The van der Waals surface area contributed by atoms with Crippen molar-refractivity contribution in [1.29, 1.82) is 0 Å². The number of aryl methyl sites for hydroxylation is 1. The Morgan fingerprint density at radius 1 is 1.36 bits per heavy atom. The van der Waals surface area contributed by atoms with Crippen molar-refractivity contribution < 1.29 is 14.1 Å². The number of hydrogen-bond acceptors (Lipinski definition) is 5. The second-order valence-electron chi connectivity index (χ2n) is 5.22. The minimum atomic E-state index is -0.463. The third kappa shape index (κ3) is 3.74. The number of benzene rings is 1. The summed E-state index contributed by atoms with van der Waals surface area (Å²) < 4.78 is 7.79. The SMILES string of the molecule is Cn1cc(C(=O)/C=C/c2ccc(-c3ccc([N+](=O)[O-])cc3Br)o2)cn1. The number of non-ortho nitro benzene ring substituents is 1. The average Bonchev–Trinajstić information content (AvgIpc) is 3.21. The van der Waals surface area contributed by atoms with Crippen molar-refractivity contribution in [1.82, 2.24) is 9.78 Å². The molecule has 2 heterocycles. The zero-order valence-electron chi connectivity index (χ0n) is 13.0. The van der Waals surface area contributed by atoms with Gasteiger partial charge >= 0.3 is 0 Å². The van der Waals surface area contributed by atoms with Crippen LogP contribution < -0.4 is 0 Å². The molecule has 25 heavy (non-hydrogen) atoms. The van der Waals surface area contributed by atoms with Crippen molar-refractivity contribution in [2.24, 2.45) is 7.05 Å². The van der Waals surface area contributed by atoms with Gasteiger partial charge in [-0.25, -0.2) is 0 Å². The van der Waals surface area contributed by atoms with E-state index in [0.29, 0.717) is 27.1 Å². The van der Waals surface area contributed by atoms with Gasteiger partial charge in [0, 0.05) is 35.4 Å². The van der Waals surface area contributed by atoms with Crippen LogP contribution in [0, 0.1) is 10.1 Å². The Bertz CT molecular complexity index is 987. The highest BCUT2D eigenvalue weighted by atomic mass is 79.9. The first kappa shape index (κ1) is 16.8. The summed E-state index contributed by atoms with van der Waals surface area (Å²) in [4.78, 5) is 22.3. The van der Waals surface area contributed by atoms with Gasteiger partial charge in [0.05, 0.1) is 16.7 Å². The summed E-state index contributed by atoms with van der Waals surface area (Å²) in [6, 6.07) is 7.88. The van der Waals surface area contributed by atoms with Crippen LogP contribution >= 0.6 is 15.9 Å². The Morgan fingerprint density at radius 3 is 2.80 bits per heavy atom. The van der Waals surface area contributed by atoms with E-state index in [2.05, 4.69) is 21.0 Å². The van der Waals surface area contributed by atoms with Gasteiger partial charge < -0.3 is 4.42 Å². The predicted molar refractivity (Wildman–Crippen MR) is 95.1 cm³/mol. The molecule has 0 aliphatic carbocycles. The molecule has 0 saturated heterocycles. The molecule has 3 rings (SSSR count). The highest BCUT2D eigenvalue weighted by molar-refractivity contribution is 9.10. The van der Waals surface area contributed by atoms with Crippen LogP contribution in [0.25, 0.3) is 17.4 Å². The monoisotopic (exact) mass is 401 g/mol. The Morgan fingerprint density at radius 2 is 2.16 bits per heavy atom. The number of nitro groups is 1. The normalized spacial score (nSPS) is 11.1. The summed E-state index contributed by atoms with van der Waals surface area (Å²) in [5.74, 6) is 0.857. The molecule has 0 N–H and O–H groups in total. The van der Waals surface area contributed by atoms with Gasteiger partial charge in [0.2, 0.25) is 0 Å². The molecule has 0 atom stereocenters. The van der Waals surface area contributed by atoms with Crippen molar-refractivity contribution >= 4 is 33.5 Å². The summed E-state index contributed by atoms with van der Waals surface area (Å²) in [7, 11) is 1.74. The third-order valence-electron chi connectivity index (χ3n) is 3.44. The fraction of sp³-hybridized carbons (Fsp3) is 0.0588. The number of allylic oxidation sites excluding steroid dienone is 1. The van der Waals surface area contributed by atoms with Crippen molar-refractivity contribution in [3.05, 3.63) is 74.7 Å². The molecule has 7 nitrogen and oxygen atoms in total. The van der Waals surface area contributed by atoms with E-state index >= 15 is 0 Å². The standard InChI is InChI=1S/C17H12BrN3O4/c1-20-10-11(9-19-20)16(22)6-3-13-4-7-17(25-13)14-5-2-12(21(23)24)8-15(14)18/h2-10H,1H3/b6-3+. The second-order valence-corrected chi connectivity index (χ2v) is 6.08. The van der Waals surface area contributed by atoms with Crippen molar-refractivity contribution in [2.75, 3.05) is 0 Å². The van der Waals surface area contributed by atoms with Gasteiger partial charge in [0.1, 0.15) is 11.5 Å². The minimum Gasteiger partial charge on any atom is -0.457 e. The van der Waals surface area contributed by atoms with E-state index in [9.17, 15) is 14.9 Å². The van der Waals surface area contributed by atoms with E-state index in [4.69, 9.17) is 4.42 Å². The summed E-state index contributed by atoms with van der Waals surface area (Å²) in [6.07, 6.45) is 6.10. The fourth-order valence-corrected chi connectivity index (χ4v) is 2.77. The smallest absolute Gasteiger partial charge is 0.270 e. The van der Waals surface area contributed by atoms with Crippen molar-refractivity contribution in [3.8, 4) is 11.3 Å². The molecule has 8 heteroatoms. The van der Waals surface area contributed by atoms with Crippen LogP contribution in [0.3, 0.4) is 0 Å². The van der Waals surface area contributed by atoms with Crippen LogP contribution in [-0.4, -0.2) is 20.5 Å². The zero-order chi connectivity index (χ0) is 18.0. The summed E-state index contributed by atoms with van der Waals surface area (Å²) in [5.41, 5.74) is 1.16. The first-order valence-electron chi connectivity index (χ1n) is 7.19. The maximum atomic E-state index is 12.0. The number of furan rings is 1. The zero-order valence-corrected chi connectivity index (χ0v) is 14.6. The predicted octanol–water partition coefficient (Wildman–Crippen LogP) is 4.25. The second kappa shape index (κ2) is 6.86. The molecule has 0 bridgehead atoms. The number of aromatic nitrogens is 2. The Hall–Kier alpha value is -3.00. The van der Waals surface area contributed by atoms with E-state index in [1.54, 1.807) is 42.2 Å². The van der Waals surface area contributed by atoms with Crippen molar-refractivity contribution in [3.63, 3.8) is 0 Å². The number of ketones is 1. The van der Waals surface area contributed by atoms with Gasteiger partial charge in [-0.2, -0.15) is 5.10 Å². The van der Waals surface area contributed by atoms with Crippen molar-refractivity contribution in [2.45, 2.75) is 0 Å². The van der Waals surface area contributed by atoms with E-state index in [1.165, 1.54) is 24.4 Å². The number of nitrogens with zero attached hydrogens (tertiary/aromatic N) is 3. The summed E-state index contributed by atoms with van der Waals surface area (Å²) in [6.45, 7) is 0. The van der Waals surface area contributed by atoms with Crippen LogP contribution in [0.5, 0.6) is 0 Å². The largest absolute Gasteiger partial charge is 0.457 e. The molecule has 0 saturated carbocycles. The minimum absolute atomic E-state index is 0.00984. The third-order valence-corrected chi connectivity index (χ3v) is 4.10. The van der Waals surface area contributed by atoms with Crippen LogP contribution in [0.2, 0.25) is 0 Å². The lowest BCUT2D eigenvalue weighted by molar-refractivity contribution is -0.384. The average molecular weight is 402 g/mol. The highest BCUT2D eigenvalue weighted by Gasteiger charge is 2.13. The van der Waals surface area contributed by atoms with E-state index < -0.39 is 4.92 Å². The Kier molecular flexibility index (Phi) is 4.62. The van der Waals surface area contributed by atoms with Gasteiger partial charge in [-0.15, -0.1) is 0 Å². The van der Waals surface area contributed by atoms with Gasteiger partial charge in [-0.1, -0.05) is 0 Å². The Labute approximate surface area is 150 Å². The lowest BCUT2D eigenvalue weighted by Gasteiger charge is -2.00. The molecule has 126 valence electrons. The molecule has 0 aliphatic rings. The number of rotatable bonds is 5. The molecular formula is C17H12BrN3O4. The Balaban J connectivity index is 1.79. The molecule has 1 aromatic carbocycles.